The number of carboxylic acid groups (broad SMARTS) is 1. The molecule has 0 bridgehead atoms. The summed E-state index contributed by atoms with van der Waals surface area (Å²) in [6.07, 6.45) is -4.72. The minimum Gasteiger partial charge on any atom is -0.478 e. The maximum Gasteiger partial charge on any atom is 0.451 e. The summed E-state index contributed by atoms with van der Waals surface area (Å²) in [4.78, 5) is 23.9. The second kappa shape index (κ2) is 5.63. The number of nitro groups is 1. The Morgan fingerprint density at radius 3 is 2.59 bits per heavy atom. The summed E-state index contributed by atoms with van der Waals surface area (Å²) in [5.74, 6) is -2.70. The second-order valence-electron chi connectivity index (χ2n) is 3.81. The lowest BCUT2D eigenvalue weighted by atomic mass is 10.2. The van der Waals surface area contributed by atoms with Crippen LogP contribution in [0.3, 0.4) is 0 Å². The first-order valence-electron chi connectivity index (χ1n) is 5.37. The molecule has 12 heteroatoms. The average molecular weight is 334 g/mol. The van der Waals surface area contributed by atoms with E-state index in [0.717, 1.165) is 18.2 Å². The standard InChI is InChI=1S/C10H5F3N4O4S/c11-10(12,13)8-14-9(16-15-8)22-6-2-1-4(7(18)19)3-5(6)17(20)21/h1-3H,(H,18,19)(H,14,15,16). The highest BCUT2D eigenvalue weighted by atomic mass is 32.2. The van der Waals surface area contributed by atoms with Gasteiger partial charge in [0.15, 0.2) is 0 Å². The number of aromatic carboxylic acids is 1. The fourth-order valence-corrected chi connectivity index (χ4v) is 2.20. The first kappa shape index (κ1) is 15.8. The minimum absolute atomic E-state index is 0.0808. The number of carbonyl (C=O) groups is 1. The highest BCUT2D eigenvalue weighted by Gasteiger charge is 2.35. The quantitative estimate of drug-likeness (QED) is 0.651. The Morgan fingerprint density at radius 1 is 1.41 bits per heavy atom. The van der Waals surface area contributed by atoms with Crippen LogP contribution in [0.25, 0.3) is 0 Å². The number of halogens is 3. The van der Waals surface area contributed by atoms with E-state index in [1.54, 1.807) is 5.10 Å². The fourth-order valence-electron chi connectivity index (χ4n) is 1.40. The zero-order valence-corrected chi connectivity index (χ0v) is 11.1. The van der Waals surface area contributed by atoms with Gasteiger partial charge >= 0.3 is 12.1 Å². The van der Waals surface area contributed by atoms with Gasteiger partial charge in [0.05, 0.1) is 15.4 Å². The second-order valence-corrected chi connectivity index (χ2v) is 4.82. The number of H-pyrrole nitrogens is 1. The van der Waals surface area contributed by atoms with Crippen LogP contribution in [-0.4, -0.2) is 31.2 Å². The predicted octanol–water partition coefficient (Wildman–Crippen LogP) is 2.58. The van der Waals surface area contributed by atoms with E-state index in [9.17, 15) is 28.1 Å². The van der Waals surface area contributed by atoms with E-state index in [-0.39, 0.29) is 15.6 Å². The molecule has 0 atom stereocenters. The normalized spacial score (nSPS) is 11.4. The predicted molar refractivity (Wildman–Crippen MR) is 65.6 cm³/mol. The lowest BCUT2D eigenvalue weighted by molar-refractivity contribution is -0.387. The molecule has 0 amide bonds. The number of hydrogen-bond donors (Lipinski definition) is 2. The maximum absolute atomic E-state index is 12.4. The first-order chi connectivity index (χ1) is 10.2. The highest BCUT2D eigenvalue weighted by molar-refractivity contribution is 7.99. The Kier molecular flexibility index (Phi) is 4.03. The van der Waals surface area contributed by atoms with Crippen molar-refractivity contribution in [1.29, 1.82) is 0 Å². The molecule has 2 N–H and O–H groups in total. The molecule has 0 saturated heterocycles. The van der Waals surface area contributed by atoms with E-state index >= 15 is 0 Å². The van der Waals surface area contributed by atoms with Crippen molar-refractivity contribution in [2.45, 2.75) is 16.2 Å². The summed E-state index contributed by atoms with van der Waals surface area (Å²) >= 11 is 0.512. The third-order valence-electron chi connectivity index (χ3n) is 2.34. The van der Waals surface area contributed by atoms with Crippen LogP contribution in [0.4, 0.5) is 18.9 Å². The molecular weight excluding hydrogens is 329 g/mol. The van der Waals surface area contributed by atoms with Crippen LogP contribution in [0.2, 0.25) is 0 Å². The molecule has 0 saturated carbocycles. The lowest BCUT2D eigenvalue weighted by Crippen LogP contribution is -2.07. The highest BCUT2D eigenvalue weighted by Crippen LogP contribution is 2.35. The molecular formula is C10H5F3N4O4S. The monoisotopic (exact) mass is 334 g/mol. The molecule has 1 heterocycles. The van der Waals surface area contributed by atoms with Gasteiger partial charge in [0.1, 0.15) is 0 Å². The molecule has 0 unspecified atom stereocenters. The average Bonchev–Trinajstić information content (AvgIpc) is 2.87. The summed E-state index contributed by atoms with van der Waals surface area (Å²) < 4.78 is 37.1. The zero-order chi connectivity index (χ0) is 16.5. The van der Waals surface area contributed by atoms with Gasteiger partial charge in [-0.15, -0.1) is 5.10 Å². The van der Waals surface area contributed by atoms with Crippen LogP contribution in [0.1, 0.15) is 16.2 Å². The van der Waals surface area contributed by atoms with Crippen LogP contribution in [0, 0.1) is 10.1 Å². The van der Waals surface area contributed by atoms with Crippen molar-refractivity contribution in [2.24, 2.45) is 0 Å². The summed E-state index contributed by atoms with van der Waals surface area (Å²) in [5.41, 5.74) is -0.884. The summed E-state index contributed by atoms with van der Waals surface area (Å²) in [5, 5.41) is 24.3. The number of alkyl halides is 3. The van der Waals surface area contributed by atoms with E-state index in [1.165, 1.54) is 0 Å². The van der Waals surface area contributed by atoms with Gasteiger partial charge in [-0.1, -0.05) is 0 Å². The van der Waals surface area contributed by atoms with Crippen LogP contribution < -0.4 is 0 Å². The van der Waals surface area contributed by atoms with Crippen molar-refractivity contribution in [3.05, 3.63) is 39.7 Å². The molecule has 0 radical (unpaired) electrons. The Morgan fingerprint density at radius 2 is 2.09 bits per heavy atom. The number of benzene rings is 1. The van der Waals surface area contributed by atoms with E-state index in [4.69, 9.17) is 5.11 Å². The zero-order valence-electron chi connectivity index (χ0n) is 10.3. The van der Waals surface area contributed by atoms with Crippen LogP contribution in [0.5, 0.6) is 0 Å². The Balaban J connectivity index is 2.35. The van der Waals surface area contributed by atoms with E-state index in [1.807, 2.05) is 0 Å². The van der Waals surface area contributed by atoms with Crippen LogP contribution in [-0.2, 0) is 6.18 Å². The maximum atomic E-state index is 12.4. The van der Waals surface area contributed by atoms with Gasteiger partial charge in [0, 0.05) is 6.07 Å². The van der Waals surface area contributed by atoms with Gasteiger partial charge < -0.3 is 5.11 Å². The largest absolute Gasteiger partial charge is 0.478 e. The lowest BCUT2D eigenvalue weighted by Gasteiger charge is -2.01. The third kappa shape index (κ3) is 3.33. The van der Waals surface area contributed by atoms with E-state index in [2.05, 4.69) is 10.1 Å². The van der Waals surface area contributed by atoms with Gasteiger partial charge in [0.2, 0.25) is 11.0 Å². The fraction of sp³-hybridized carbons (Fsp3) is 0.100. The molecule has 0 fully saturated rings. The van der Waals surface area contributed by atoms with E-state index < -0.39 is 28.6 Å². The molecule has 22 heavy (non-hydrogen) atoms. The minimum atomic E-state index is -4.72. The number of aromatic amines is 1. The van der Waals surface area contributed by atoms with Crippen molar-refractivity contribution >= 4 is 23.4 Å². The molecule has 116 valence electrons. The Labute approximate surface area is 123 Å². The summed E-state index contributed by atoms with van der Waals surface area (Å²) in [6, 6.07) is 3.01. The molecule has 0 aliphatic carbocycles. The summed E-state index contributed by atoms with van der Waals surface area (Å²) in [7, 11) is 0. The van der Waals surface area contributed by atoms with Crippen LogP contribution in [0.15, 0.2) is 28.3 Å². The van der Waals surface area contributed by atoms with Gasteiger partial charge in [-0.2, -0.15) is 18.2 Å². The molecule has 2 aromatic rings. The number of hydrogen-bond acceptors (Lipinski definition) is 6. The van der Waals surface area contributed by atoms with Crippen molar-refractivity contribution in [2.75, 3.05) is 0 Å². The molecule has 8 nitrogen and oxygen atoms in total. The van der Waals surface area contributed by atoms with Crippen molar-refractivity contribution in [1.82, 2.24) is 15.2 Å². The van der Waals surface area contributed by atoms with Gasteiger partial charge in [-0.05, 0) is 23.9 Å². The smallest absolute Gasteiger partial charge is 0.451 e. The molecule has 0 aliphatic heterocycles. The summed E-state index contributed by atoms with van der Waals surface area (Å²) in [6.45, 7) is 0. The number of carboxylic acids is 1. The van der Waals surface area contributed by atoms with Crippen LogP contribution >= 0.6 is 11.8 Å². The molecule has 1 aromatic heterocycles. The number of nitrogens with zero attached hydrogens (tertiary/aromatic N) is 3. The number of aromatic nitrogens is 3. The molecule has 1 aromatic carbocycles. The van der Waals surface area contributed by atoms with Crippen molar-refractivity contribution < 1.29 is 28.0 Å². The van der Waals surface area contributed by atoms with Gasteiger partial charge in [-0.3, -0.25) is 15.2 Å². The first-order valence-corrected chi connectivity index (χ1v) is 6.19. The van der Waals surface area contributed by atoms with Gasteiger partial charge in [-0.25, -0.2) is 4.79 Å². The molecule has 2 rings (SSSR count). The Hall–Kier alpha value is -2.63. The SMILES string of the molecule is O=C(O)c1ccc(Sc2n[nH]c(C(F)(F)F)n2)c([N+](=O)[O-])c1. The van der Waals surface area contributed by atoms with Crippen molar-refractivity contribution in [3.8, 4) is 0 Å². The molecule has 0 spiro atoms. The van der Waals surface area contributed by atoms with Gasteiger partial charge in [0.25, 0.3) is 5.69 Å². The van der Waals surface area contributed by atoms with Crippen molar-refractivity contribution in [3.63, 3.8) is 0 Å². The number of rotatable bonds is 4. The third-order valence-corrected chi connectivity index (χ3v) is 3.27. The number of nitrogens with one attached hydrogen (secondary N) is 1. The molecule has 0 aliphatic rings. The Bertz CT molecular complexity index is 746. The number of nitro benzene ring substituents is 1. The topological polar surface area (TPSA) is 122 Å². The van der Waals surface area contributed by atoms with E-state index in [0.29, 0.717) is 11.8 Å².